The molecule has 0 aliphatic heterocycles. The molecule has 0 atom stereocenters. The first kappa shape index (κ1) is 26.5. The Bertz CT molecular complexity index is 1430. The van der Waals surface area contributed by atoms with Crippen LogP contribution in [0.3, 0.4) is 0 Å². The van der Waals surface area contributed by atoms with Crippen molar-refractivity contribution in [3.05, 3.63) is 82.0 Å². The van der Waals surface area contributed by atoms with E-state index in [1.165, 1.54) is 4.90 Å². The summed E-state index contributed by atoms with van der Waals surface area (Å²) >= 11 is 1.56. The number of nitrogens with zero attached hydrogens (tertiary/aromatic N) is 2. The standard InChI is InChI=1S/C30H34N2O4S/c1-20(2)18-32-27(31(6)29(34)36-30(3,4)5)26(25-13-10-16-37-25)24-17-22(14-15-23(24)28(32)33)35-19-21-11-8-7-9-12-21/h7-17,20H,18-19H2,1-6H3. The van der Waals surface area contributed by atoms with Crippen molar-refractivity contribution in [3.8, 4) is 16.2 Å². The van der Waals surface area contributed by atoms with Crippen LogP contribution in [0.2, 0.25) is 0 Å². The first-order valence-corrected chi connectivity index (χ1v) is 13.3. The molecule has 4 rings (SSSR count). The highest BCUT2D eigenvalue weighted by molar-refractivity contribution is 7.13. The molecular formula is C30H34N2O4S. The van der Waals surface area contributed by atoms with Gasteiger partial charge < -0.3 is 9.47 Å². The second-order valence-electron chi connectivity index (χ2n) is 10.5. The van der Waals surface area contributed by atoms with Crippen LogP contribution in [-0.2, 0) is 17.9 Å². The molecule has 0 fully saturated rings. The number of hydrogen-bond acceptors (Lipinski definition) is 5. The minimum atomic E-state index is -0.674. The first-order valence-electron chi connectivity index (χ1n) is 12.4. The van der Waals surface area contributed by atoms with Crippen LogP contribution in [0.25, 0.3) is 21.2 Å². The second-order valence-corrected chi connectivity index (χ2v) is 11.5. The van der Waals surface area contributed by atoms with Gasteiger partial charge in [-0.15, -0.1) is 11.3 Å². The minimum absolute atomic E-state index is 0.149. The van der Waals surface area contributed by atoms with E-state index in [9.17, 15) is 9.59 Å². The number of aromatic nitrogens is 1. The van der Waals surface area contributed by atoms with Crippen LogP contribution >= 0.6 is 11.3 Å². The summed E-state index contributed by atoms with van der Waals surface area (Å²) in [6.07, 6.45) is -0.516. The lowest BCUT2D eigenvalue weighted by Gasteiger charge is -2.29. The van der Waals surface area contributed by atoms with Gasteiger partial charge >= 0.3 is 6.09 Å². The van der Waals surface area contributed by atoms with E-state index < -0.39 is 11.7 Å². The van der Waals surface area contributed by atoms with Crippen molar-refractivity contribution >= 4 is 34.0 Å². The van der Waals surface area contributed by atoms with E-state index in [4.69, 9.17) is 9.47 Å². The summed E-state index contributed by atoms with van der Waals surface area (Å²) in [4.78, 5) is 29.5. The summed E-state index contributed by atoms with van der Waals surface area (Å²) in [6, 6.07) is 19.5. The number of hydrogen-bond donors (Lipinski definition) is 0. The summed E-state index contributed by atoms with van der Waals surface area (Å²) in [7, 11) is 1.67. The summed E-state index contributed by atoms with van der Waals surface area (Å²) in [5.74, 6) is 1.36. The zero-order valence-corrected chi connectivity index (χ0v) is 23.1. The maximum atomic E-state index is 13.9. The molecule has 194 valence electrons. The number of benzene rings is 2. The van der Waals surface area contributed by atoms with E-state index >= 15 is 0 Å². The molecular weight excluding hydrogens is 484 g/mol. The average Bonchev–Trinajstić information content (AvgIpc) is 3.37. The van der Waals surface area contributed by atoms with Crippen LogP contribution < -0.4 is 15.2 Å². The minimum Gasteiger partial charge on any atom is -0.489 e. The highest BCUT2D eigenvalue weighted by Gasteiger charge is 2.28. The van der Waals surface area contributed by atoms with Crippen LogP contribution in [0.1, 0.15) is 40.2 Å². The molecule has 0 radical (unpaired) electrons. The molecule has 2 aromatic carbocycles. The molecule has 0 aliphatic carbocycles. The van der Waals surface area contributed by atoms with Gasteiger partial charge in [0.15, 0.2) is 0 Å². The fraction of sp³-hybridized carbons (Fsp3) is 0.333. The number of ether oxygens (including phenoxy) is 2. The largest absolute Gasteiger partial charge is 0.489 e. The van der Waals surface area contributed by atoms with E-state index in [2.05, 4.69) is 13.8 Å². The monoisotopic (exact) mass is 518 g/mol. The molecule has 0 bridgehead atoms. The van der Waals surface area contributed by atoms with E-state index in [0.29, 0.717) is 30.1 Å². The molecule has 4 aromatic rings. The molecule has 0 saturated heterocycles. The van der Waals surface area contributed by atoms with Crippen molar-refractivity contribution in [2.45, 2.75) is 53.4 Å². The maximum Gasteiger partial charge on any atom is 0.415 e. The molecule has 0 aliphatic rings. The number of anilines is 1. The van der Waals surface area contributed by atoms with Gasteiger partial charge in [0.05, 0.1) is 0 Å². The summed E-state index contributed by atoms with van der Waals surface area (Å²) in [5, 5.41) is 3.31. The number of carbonyl (C=O) groups excluding carboxylic acids is 1. The van der Waals surface area contributed by atoms with Gasteiger partial charge in [-0.3, -0.25) is 14.3 Å². The Morgan fingerprint density at radius 3 is 2.38 bits per heavy atom. The van der Waals surface area contributed by atoms with Crippen LogP contribution in [-0.4, -0.2) is 23.3 Å². The van der Waals surface area contributed by atoms with Gasteiger partial charge in [-0.05, 0) is 61.9 Å². The van der Waals surface area contributed by atoms with Crippen molar-refractivity contribution in [3.63, 3.8) is 0 Å². The molecule has 37 heavy (non-hydrogen) atoms. The highest BCUT2D eigenvalue weighted by Crippen LogP contribution is 2.40. The Labute approximate surface area is 222 Å². The quantitative estimate of drug-likeness (QED) is 0.257. The number of amides is 1. The number of carbonyl (C=O) groups is 1. The number of pyridine rings is 1. The molecule has 2 aromatic heterocycles. The van der Waals surface area contributed by atoms with Crippen LogP contribution in [0, 0.1) is 5.92 Å². The van der Waals surface area contributed by atoms with E-state index in [1.54, 1.807) is 23.0 Å². The lowest BCUT2D eigenvalue weighted by molar-refractivity contribution is 0.0587. The summed E-state index contributed by atoms with van der Waals surface area (Å²) < 4.78 is 13.5. The molecule has 0 saturated carbocycles. The van der Waals surface area contributed by atoms with Crippen LogP contribution in [0.5, 0.6) is 5.75 Å². The molecule has 7 heteroatoms. The Kier molecular flexibility index (Phi) is 7.73. The smallest absolute Gasteiger partial charge is 0.415 e. The van der Waals surface area contributed by atoms with Crippen molar-refractivity contribution in [1.82, 2.24) is 4.57 Å². The fourth-order valence-electron chi connectivity index (χ4n) is 4.21. The number of fused-ring (bicyclic) bond motifs is 1. The van der Waals surface area contributed by atoms with Gasteiger partial charge in [-0.25, -0.2) is 4.79 Å². The first-order chi connectivity index (χ1) is 17.5. The zero-order valence-electron chi connectivity index (χ0n) is 22.3. The van der Waals surface area contributed by atoms with Crippen LogP contribution in [0.15, 0.2) is 70.8 Å². The van der Waals surface area contributed by atoms with E-state index in [1.807, 2.05) is 86.8 Å². The predicted molar refractivity (Wildman–Crippen MR) is 152 cm³/mol. The van der Waals surface area contributed by atoms with Crippen molar-refractivity contribution in [2.75, 3.05) is 11.9 Å². The van der Waals surface area contributed by atoms with Gasteiger partial charge in [0.2, 0.25) is 0 Å². The average molecular weight is 519 g/mol. The lowest BCUT2D eigenvalue weighted by Crippen LogP contribution is -2.38. The molecule has 0 unspecified atom stereocenters. The summed E-state index contributed by atoms with van der Waals surface area (Å²) in [6.45, 7) is 10.5. The summed E-state index contributed by atoms with van der Waals surface area (Å²) in [5.41, 5.74) is 1.04. The third kappa shape index (κ3) is 6.05. The van der Waals surface area contributed by atoms with Gasteiger partial charge in [0.1, 0.15) is 23.8 Å². The fourth-order valence-corrected chi connectivity index (χ4v) is 4.99. The zero-order chi connectivity index (χ0) is 26.7. The Morgan fingerprint density at radius 1 is 1.03 bits per heavy atom. The van der Waals surface area contributed by atoms with Crippen molar-refractivity contribution in [2.24, 2.45) is 5.92 Å². The Hall–Kier alpha value is -3.58. The van der Waals surface area contributed by atoms with Gasteiger partial charge in [0, 0.05) is 34.8 Å². The second kappa shape index (κ2) is 10.8. The number of thiophene rings is 1. The van der Waals surface area contributed by atoms with Crippen molar-refractivity contribution in [1.29, 1.82) is 0 Å². The van der Waals surface area contributed by atoms with Gasteiger partial charge in [-0.2, -0.15) is 0 Å². The third-order valence-corrected chi connectivity index (χ3v) is 6.65. The van der Waals surface area contributed by atoms with Gasteiger partial charge in [-0.1, -0.05) is 50.2 Å². The molecule has 6 nitrogen and oxygen atoms in total. The van der Waals surface area contributed by atoms with E-state index in [0.717, 1.165) is 21.4 Å². The highest BCUT2D eigenvalue weighted by atomic mass is 32.1. The molecule has 0 spiro atoms. The van der Waals surface area contributed by atoms with E-state index in [-0.39, 0.29) is 11.5 Å². The van der Waals surface area contributed by atoms with Gasteiger partial charge in [0.25, 0.3) is 5.56 Å². The normalized spacial score (nSPS) is 11.6. The van der Waals surface area contributed by atoms with Crippen LogP contribution in [0.4, 0.5) is 10.6 Å². The molecule has 2 heterocycles. The Morgan fingerprint density at radius 2 is 1.76 bits per heavy atom. The predicted octanol–water partition coefficient (Wildman–Crippen LogP) is 7.34. The number of rotatable bonds is 7. The Balaban J connectivity index is 1.94. The maximum absolute atomic E-state index is 13.9. The third-order valence-electron chi connectivity index (χ3n) is 5.76. The molecule has 1 amide bonds. The SMILES string of the molecule is CC(C)Cn1c(N(C)C(=O)OC(C)(C)C)c(-c2cccs2)c2cc(OCc3ccccc3)ccc2c1=O. The lowest BCUT2D eigenvalue weighted by atomic mass is 10.0. The van der Waals surface area contributed by atoms with Crippen molar-refractivity contribution < 1.29 is 14.3 Å². The molecule has 0 N–H and O–H groups in total. The topological polar surface area (TPSA) is 60.8 Å².